The van der Waals surface area contributed by atoms with Gasteiger partial charge in [-0.1, -0.05) is 48.0 Å². The van der Waals surface area contributed by atoms with E-state index in [0.29, 0.717) is 10.7 Å². The van der Waals surface area contributed by atoms with E-state index < -0.39 is 0 Å². The summed E-state index contributed by atoms with van der Waals surface area (Å²) >= 11 is 6.17. The zero-order valence-corrected chi connectivity index (χ0v) is 16.1. The molecule has 1 atom stereocenters. The van der Waals surface area contributed by atoms with Gasteiger partial charge < -0.3 is 5.32 Å². The minimum Gasteiger partial charge on any atom is -0.323 e. The number of anilines is 1. The van der Waals surface area contributed by atoms with Crippen LogP contribution in [0.25, 0.3) is 11.1 Å². The fourth-order valence-corrected chi connectivity index (χ4v) is 3.76. The van der Waals surface area contributed by atoms with Gasteiger partial charge in [0.05, 0.1) is 16.8 Å². The number of hydrogen-bond donors (Lipinski definition) is 1. The summed E-state index contributed by atoms with van der Waals surface area (Å²) < 4.78 is 0. The monoisotopic (exact) mass is 392 g/mol. The van der Waals surface area contributed by atoms with Crippen molar-refractivity contribution in [1.82, 2.24) is 14.9 Å². The van der Waals surface area contributed by atoms with Crippen LogP contribution < -0.4 is 5.32 Å². The molecule has 2 heterocycles. The smallest absolute Gasteiger partial charge is 0.241 e. The van der Waals surface area contributed by atoms with Crippen LogP contribution in [-0.2, 0) is 11.3 Å². The van der Waals surface area contributed by atoms with Gasteiger partial charge in [0.2, 0.25) is 5.91 Å². The molecule has 1 fully saturated rings. The maximum atomic E-state index is 12.8. The molecule has 6 heteroatoms. The Morgan fingerprint density at radius 2 is 1.82 bits per heavy atom. The molecule has 1 aliphatic heterocycles. The third-order valence-corrected chi connectivity index (χ3v) is 5.36. The van der Waals surface area contributed by atoms with Crippen molar-refractivity contribution in [3.63, 3.8) is 0 Å². The van der Waals surface area contributed by atoms with Gasteiger partial charge in [0, 0.05) is 24.5 Å². The average Bonchev–Trinajstić information content (AvgIpc) is 3.19. The van der Waals surface area contributed by atoms with Crippen molar-refractivity contribution in [1.29, 1.82) is 0 Å². The summed E-state index contributed by atoms with van der Waals surface area (Å²) in [7, 11) is 0. The van der Waals surface area contributed by atoms with Crippen LogP contribution in [-0.4, -0.2) is 33.4 Å². The lowest BCUT2D eigenvalue weighted by atomic mass is 10.1. The molecule has 4 rings (SSSR count). The van der Waals surface area contributed by atoms with Crippen LogP contribution in [0.15, 0.2) is 67.3 Å². The Bertz CT molecular complexity index is 946. The molecule has 28 heavy (non-hydrogen) atoms. The number of aromatic nitrogens is 2. The lowest BCUT2D eigenvalue weighted by Gasteiger charge is -2.24. The van der Waals surface area contributed by atoms with Crippen molar-refractivity contribution in [2.24, 2.45) is 0 Å². The first-order valence-corrected chi connectivity index (χ1v) is 9.72. The van der Waals surface area contributed by atoms with E-state index in [1.807, 2.05) is 18.2 Å². The predicted octanol–water partition coefficient (Wildman–Crippen LogP) is 4.40. The molecule has 142 valence electrons. The van der Waals surface area contributed by atoms with Crippen molar-refractivity contribution >= 4 is 23.2 Å². The molecular formula is C22H21ClN4O. The summed E-state index contributed by atoms with van der Waals surface area (Å²) in [6.07, 6.45) is 7.00. The number of likely N-dealkylation sites (tertiary alicyclic amines) is 1. The number of para-hydroxylation sites is 1. The lowest BCUT2D eigenvalue weighted by Crippen LogP contribution is -2.39. The number of halogens is 1. The van der Waals surface area contributed by atoms with Gasteiger partial charge in [0.15, 0.2) is 0 Å². The second-order valence-electron chi connectivity index (χ2n) is 6.92. The summed E-state index contributed by atoms with van der Waals surface area (Å²) in [5.74, 6) is 0.00338. The largest absolute Gasteiger partial charge is 0.323 e. The fraction of sp³-hybridized carbons (Fsp3) is 0.227. The van der Waals surface area contributed by atoms with E-state index in [2.05, 4.69) is 44.5 Å². The molecule has 1 amide bonds. The molecule has 0 saturated carbocycles. The Kier molecular flexibility index (Phi) is 5.65. The lowest BCUT2D eigenvalue weighted by molar-refractivity contribution is -0.120. The van der Waals surface area contributed by atoms with Crippen molar-refractivity contribution < 1.29 is 4.79 Å². The number of carbonyl (C=O) groups is 1. The standard InChI is InChI=1S/C22H21ClN4O/c23-19-4-1-2-5-20(19)26-22(28)21-6-3-11-27(21)14-16-7-9-17(10-8-16)18-12-24-15-25-13-18/h1-2,4-5,7-10,12-13,15,21H,3,6,11,14H2,(H,26,28). The van der Waals surface area contributed by atoms with Crippen molar-refractivity contribution in [2.45, 2.75) is 25.4 Å². The van der Waals surface area contributed by atoms with Gasteiger partial charge in [-0.2, -0.15) is 0 Å². The van der Waals surface area contributed by atoms with Crippen LogP contribution >= 0.6 is 11.6 Å². The Labute approximate surface area is 169 Å². The van der Waals surface area contributed by atoms with Crippen molar-refractivity contribution in [3.8, 4) is 11.1 Å². The van der Waals surface area contributed by atoms with E-state index in [0.717, 1.165) is 37.1 Å². The Balaban J connectivity index is 1.42. The van der Waals surface area contributed by atoms with Gasteiger partial charge in [-0.15, -0.1) is 0 Å². The van der Waals surface area contributed by atoms with E-state index in [1.54, 1.807) is 18.5 Å². The van der Waals surface area contributed by atoms with Crippen molar-refractivity contribution in [2.75, 3.05) is 11.9 Å². The molecule has 0 spiro atoms. The average molecular weight is 393 g/mol. The number of hydrogen-bond acceptors (Lipinski definition) is 4. The molecule has 1 aromatic heterocycles. The van der Waals surface area contributed by atoms with E-state index >= 15 is 0 Å². The SMILES string of the molecule is O=C(Nc1ccccc1Cl)C1CCCN1Cc1ccc(-c2cncnc2)cc1. The molecule has 1 N–H and O–H groups in total. The molecule has 3 aromatic rings. The van der Waals surface area contributed by atoms with Gasteiger partial charge in [-0.05, 0) is 42.6 Å². The number of benzene rings is 2. The van der Waals surface area contributed by atoms with Crippen LogP contribution in [0.5, 0.6) is 0 Å². The Morgan fingerprint density at radius 1 is 1.07 bits per heavy atom. The highest BCUT2D eigenvalue weighted by atomic mass is 35.5. The van der Waals surface area contributed by atoms with E-state index in [1.165, 1.54) is 11.9 Å². The number of carbonyl (C=O) groups excluding carboxylic acids is 1. The van der Waals surface area contributed by atoms with Gasteiger partial charge in [0.1, 0.15) is 6.33 Å². The maximum Gasteiger partial charge on any atom is 0.241 e. The summed E-state index contributed by atoms with van der Waals surface area (Å²) in [6.45, 7) is 1.65. The molecule has 0 radical (unpaired) electrons. The number of amides is 1. The number of nitrogens with one attached hydrogen (secondary N) is 1. The van der Waals surface area contributed by atoms with Crippen LogP contribution in [0.4, 0.5) is 5.69 Å². The highest BCUT2D eigenvalue weighted by Gasteiger charge is 2.30. The quantitative estimate of drug-likeness (QED) is 0.699. The minimum atomic E-state index is -0.140. The summed E-state index contributed by atoms with van der Waals surface area (Å²) in [5, 5.41) is 3.53. The molecule has 2 aromatic carbocycles. The first-order valence-electron chi connectivity index (χ1n) is 9.34. The van der Waals surface area contributed by atoms with Gasteiger partial charge in [-0.3, -0.25) is 9.69 Å². The highest BCUT2D eigenvalue weighted by molar-refractivity contribution is 6.33. The van der Waals surface area contributed by atoms with Crippen molar-refractivity contribution in [3.05, 3.63) is 77.8 Å². The molecular weight excluding hydrogens is 372 g/mol. The Morgan fingerprint density at radius 3 is 2.57 bits per heavy atom. The molecule has 0 bridgehead atoms. The highest BCUT2D eigenvalue weighted by Crippen LogP contribution is 2.25. The second-order valence-corrected chi connectivity index (χ2v) is 7.33. The normalized spacial score (nSPS) is 16.8. The summed E-state index contributed by atoms with van der Waals surface area (Å²) in [4.78, 5) is 23.1. The van der Waals surface area contributed by atoms with Gasteiger partial charge in [0.25, 0.3) is 0 Å². The zero-order chi connectivity index (χ0) is 19.3. The third-order valence-electron chi connectivity index (χ3n) is 5.03. The van der Waals surface area contributed by atoms with E-state index in [-0.39, 0.29) is 11.9 Å². The van der Waals surface area contributed by atoms with Crippen LogP contribution in [0, 0.1) is 0 Å². The number of rotatable bonds is 5. The third kappa shape index (κ3) is 4.21. The van der Waals surface area contributed by atoms with E-state index in [9.17, 15) is 4.79 Å². The predicted molar refractivity (Wildman–Crippen MR) is 111 cm³/mol. The van der Waals surface area contributed by atoms with Gasteiger partial charge in [-0.25, -0.2) is 9.97 Å². The fourth-order valence-electron chi connectivity index (χ4n) is 3.58. The molecule has 1 unspecified atom stereocenters. The van der Waals surface area contributed by atoms with Crippen LogP contribution in [0.3, 0.4) is 0 Å². The molecule has 1 saturated heterocycles. The van der Waals surface area contributed by atoms with Crippen LogP contribution in [0.2, 0.25) is 5.02 Å². The molecule has 5 nitrogen and oxygen atoms in total. The van der Waals surface area contributed by atoms with E-state index in [4.69, 9.17) is 11.6 Å². The zero-order valence-electron chi connectivity index (χ0n) is 15.4. The van der Waals surface area contributed by atoms with Crippen LogP contribution in [0.1, 0.15) is 18.4 Å². The molecule has 1 aliphatic rings. The first kappa shape index (κ1) is 18.6. The van der Waals surface area contributed by atoms with Gasteiger partial charge >= 0.3 is 0 Å². The summed E-state index contributed by atoms with van der Waals surface area (Å²) in [5.41, 5.74) is 3.92. The topological polar surface area (TPSA) is 58.1 Å². The second kappa shape index (κ2) is 8.50. The maximum absolute atomic E-state index is 12.8. The first-order chi connectivity index (χ1) is 13.7. The molecule has 0 aliphatic carbocycles. The minimum absolute atomic E-state index is 0.00338. The summed E-state index contributed by atoms with van der Waals surface area (Å²) in [6, 6.07) is 15.5. The Hall–Kier alpha value is -2.76. The number of nitrogens with zero attached hydrogens (tertiary/aromatic N) is 3.